The summed E-state index contributed by atoms with van der Waals surface area (Å²) < 4.78 is 0. The maximum absolute atomic E-state index is 2.36. The minimum Gasteiger partial charge on any atom is -0.0616 e. The van der Waals surface area contributed by atoms with Crippen LogP contribution in [-0.2, 0) is 0 Å². The summed E-state index contributed by atoms with van der Waals surface area (Å²) in [5.41, 5.74) is 16.7. The summed E-state index contributed by atoms with van der Waals surface area (Å²) in [4.78, 5) is 0. The Kier molecular flexibility index (Phi) is 11.3. The third-order valence-corrected chi connectivity index (χ3v) is 17.2. The summed E-state index contributed by atoms with van der Waals surface area (Å²) in [6, 6.07) is 117. The molecular formula is C82H52. The molecule has 82 heavy (non-hydrogen) atoms. The van der Waals surface area contributed by atoms with Gasteiger partial charge in [-0.05, 0) is 188 Å². The first kappa shape index (κ1) is 47.3. The molecule has 0 spiro atoms. The maximum Gasteiger partial charge on any atom is -0.00268 e. The van der Waals surface area contributed by atoms with Crippen molar-refractivity contribution in [1.82, 2.24) is 0 Å². The summed E-state index contributed by atoms with van der Waals surface area (Å²) in [7, 11) is 0. The number of benzene rings is 16. The van der Waals surface area contributed by atoms with Crippen molar-refractivity contribution in [3.05, 3.63) is 338 Å². The fourth-order valence-electron chi connectivity index (χ4n) is 13.4. The van der Waals surface area contributed by atoms with Crippen molar-refractivity contribution in [1.29, 1.82) is 0 Å². The van der Waals surface area contributed by atoms with Gasteiger partial charge in [0.25, 0.3) is 0 Å². The van der Waals surface area contributed by atoms with Crippen molar-refractivity contribution >= 4 is 97.3 Å². The molecule has 0 aromatic heterocycles. The highest BCUT2D eigenvalue weighted by Crippen LogP contribution is 2.45. The molecule has 0 heterocycles. The highest BCUT2D eigenvalue weighted by molar-refractivity contribution is 6.17. The molecule has 0 unspecified atom stereocenters. The van der Waals surface area contributed by atoms with E-state index in [2.05, 4.69) is 315 Å². The molecule has 16 aromatic rings. The SMILES string of the molecule is c1ccc2c(-c3ccc(C(=C(c4ccc(-c5c6ccccc6cc6ccccc56)cc4)c4ccc(-c5c6ccccc6cc6ccccc56)cc4)c4ccc(-c5c6ccccc6cc6ccccc56)cc4)cc3)c3ccccc3cc2c1. The van der Waals surface area contributed by atoms with Gasteiger partial charge in [-0.15, -0.1) is 0 Å². The lowest BCUT2D eigenvalue weighted by Gasteiger charge is -2.21. The van der Waals surface area contributed by atoms with Crippen molar-refractivity contribution in [2.24, 2.45) is 0 Å². The van der Waals surface area contributed by atoms with Gasteiger partial charge in [-0.3, -0.25) is 0 Å². The van der Waals surface area contributed by atoms with E-state index in [9.17, 15) is 0 Å². The van der Waals surface area contributed by atoms with Gasteiger partial charge in [0.15, 0.2) is 0 Å². The van der Waals surface area contributed by atoms with E-state index in [1.54, 1.807) is 0 Å². The maximum atomic E-state index is 2.36. The second-order valence-corrected chi connectivity index (χ2v) is 21.8. The molecule has 0 aliphatic rings. The lowest BCUT2D eigenvalue weighted by Crippen LogP contribution is -1.99. The van der Waals surface area contributed by atoms with Crippen LogP contribution in [0.1, 0.15) is 22.3 Å². The molecule has 0 saturated carbocycles. The molecule has 0 aliphatic heterocycles. The number of fused-ring (bicyclic) bond motifs is 8. The molecule has 0 aliphatic carbocycles. The summed E-state index contributed by atoms with van der Waals surface area (Å²) in [5, 5.41) is 19.9. The molecule has 16 aromatic carbocycles. The Morgan fingerprint density at radius 3 is 0.451 bits per heavy atom. The molecular weight excluding hydrogens is 985 g/mol. The van der Waals surface area contributed by atoms with Crippen LogP contribution in [0.25, 0.3) is 142 Å². The molecule has 0 heteroatoms. The lowest BCUT2D eigenvalue weighted by molar-refractivity contribution is 1.50. The highest BCUT2D eigenvalue weighted by Gasteiger charge is 2.21. The molecule has 0 fully saturated rings. The van der Waals surface area contributed by atoms with E-state index in [1.165, 1.54) is 131 Å². The lowest BCUT2D eigenvalue weighted by atomic mass is 9.83. The van der Waals surface area contributed by atoms with E-state index in [1.807, 2.05) is 0 Å². The van der Waals surface area contributed by atoms with Gasteiger partial charge in [-0.2, -0.15) is 0 Å². The molecule has 380 valence electrons. The predicted octanol–water partition coefficient (Wildman–Crippen LogP) is 22.6. The zero-order valence-corrected chi connectivity index (χ0v) is 45.0. The van der Waals surface area contributed by atoms with Gasteiger partial charge < -0.3 is 0 Å². The van der Waals surface area contributed by atoms with E-state index in [-0.39, 0.29) is 0 Å². The van der Waals surface area contributed by atoms with Crippen LogP contribution in [0.15, 0.2) is 315 Å². The van der Waals surface area contributed by atoms with Crippen molar-refractivity contribution < 1.29 is 0 Å². The van der Waals surface area contributed by atoms with Crippen LogP contribution in [0.4, 0.5) is 0 Å². The second-order valence-electron chi connectivity index (χ2n) is 21.8. The van der Waals surface area contributed by atoms with Crippen LogP contribution in [0.5, 0.6) is 0 Å². The smallest absolute Gasteiger partial charge is 0.00268 e. The quantitative estimate of drug-likeness (QED) is 0.105. The van der Waals surface area contributed by atoms with Crippen molar-refractivity contribution in [2.75, 3.05) is 0 Å². The minimum atomic E-state index is 1.14. The summed E-state index contributed by atoms with van der Waals surface area (Å²) >= 11 is 0. The van der Waals surface area contributed by atoms with Crippen molar-refractivity contribution in [3.8, 4) is 44.5 Å². The Hall–Kier alpha value is -10.7. The van der Waals surface area contributed by atoms with Gasteiger partial charge in [0.05, 0.1) is 0 Å². The van der Waals surface area contributed by atoms with Crippen LogP contribution < -0.4 is 0 Å². The van der Waals surface area contributed by atoms with E-state index in [0.717, 1.165) is 33.4 Å². The third-order valence-electron chi connectivity index (χ3n) is 17.2. The number of rotatable bonds is 8. The van der Waals surface area contributed by atoms with Crippen LogP contribution in [-0.4, -0.2) is 0 Å². The first-order valence-electron chi connectivity index (χ1n) is 28.5. The number of hydrogen-bond acceptors (Lipinski definition) is 0. The molecule has 0 N–H and O–H groups in total. The Balaban J connectivity index is 0.947. The average molecular weight is 1040 g/mol. The Bertz CT molecular complexity index is 4340. The van der Waals surface area contributed by atoms with Crippen LogP contribution in [0.3, 0.4) is 0 Å². The molecule has 0 radical (unpaired) electrons. The first-order chi connectivity index (χ1) is 40.7. The van der Waals surface area contributed by atoms with Gasteiger partial charge in [-0.1, -0.05) is 291 Å². The van der Waals surface area contributed by atoms with Gasteiger partial charge in [0.2, 0.25) is 0 Å². The second kappa shape index (κ2) is 19.6. The van der Waals surface area contributed by atoms with Crippen molar-refractivity contribution in [2.45, 2.75) is 0 Å². The molecule has 0 nitrogen and oxygen atoms in total. The fraction of sp³-hybridized carbons (Fsp3) is 0. The van der Waals surface area contributed by atoms with Crippen LogP contribution >= 0.6 is 0 Å². The topological polar surface area (TPSA) is 0 Å². The largest absolute Gasteiger partial charge is 0.0616 e. The molecule has 0 bridgehead atoms. The normalized spacial score (nSPS) is 11.7. The molecule has 0 amide bonds. The summed E-state index contributed by atoms with van der Waals surface area (Å²) in [6.45, 7) is 0. The van der Waals surface area contributed by atoms with E-state index in [4.69, 9.17) is 0 Å². The zero-order chi connectivity index (χ0) is 54.1. The van der Waals surface area contributed by atoms with Crippen molar-refractivity contribution in [3.63, 3.8) is 0 Å². The minimum absolute atomic E-state index is 1.14. The van der Waals surface area contributed by atoms with E-state index >= 15 is 0 Å². The van der Waals surface area contributed by atoms with E-state index in [0.29, 0.717) is 0 Å². The standard InChI is InChI=1S/C82H52/c1-9-25-69-61(17-1)49-62-18-2-10-26-70(62)79(69)57-41-33-53(34-42-57)77(54-35-43-58(44-36-54)80-71-27-11-3-19-63(71)50-64-20-4-12-28-72(64)80)78(55-37-45-59(46-38-55)81-73-29-13-5-21-65(73)51-66-22-6-14-30-74(66)81)56-39-47-60(48-40-56)82-75-31-15-7-23-67(75)52-68-24-8-16-32-76(68)82/h1-52H. The highest BCUT2D eigenvalue weighted by atomic mass is 14.2. The predicted molar refractivity (Wildman–Crippen MR) is 353 cm³/mol. The first-order valence-corrected chi connectivity index (χ1v) is 28.5. The van der Waals surface area contributed by atoms with Crippen LogP contribution in [0, 0.1) is 0 Å². The summed E-state index contributed by atoms with van der Waals surface area (Å²) in [6.07, 6.45) is 0. The molecule has 0 saturated heterocycles. The zero-order valence-electron chi connectivity index (χ0n) is 45.0. The number of hydrogen-bond donors (Lipinski definition) is 0. The fourth-order valence-corrected chi connectivity index (χ4v) is 13.4. The van der Waals surface area contributed by atoms with Gasteiger partial charge in [0, 0.05) is 0 Å². The van der Waals surface area contributed by atoms with E-state index < -0.39 is 0 Å². The summed E-state index contributed by atoms with van der Waals surface area (Å²) in [5.74, 6) is 0. The van der Waals surface area contributed by atoms with Gasteiger partial charge >= 0.3 is 0 Å². The van der Waals surface area contributed by atoms with Gasteiger partial charge in [-0.25, -0.2) is 0 Å². The molecule has 16 rings (SSSR count). The van der Waals surface area contributed by atoms with Gasteiger partial charge in [0.1, 0.15) is 0 Å². The third kappa shape index (κ3) is 7.99. The average Bonchev–Trinajstić information content (AvgIpc) is 3.65. The Morgan fingerprint density at radius 2 is 0.293 bits per heavy atom. The monoisotopic (exact) mass is 1040 g/mol. The molecule has 0 atom stereocenters. The Morgan fingerprint density at radius 1 is 0.146 bits per heavy atom. The Labute approximate surface area is 476 Å². The van der Waals surface area contributed by atoms with Crippen LogP contribution in [0.2, 0.25) is 0 Å².